The van der Waals surface area contributed by atoms with Crippen LogP contribution in [-0.2, 0) is 4.79 Å². The first-order valence-electron chi connectivity index (χ1n) is 8.57. The summed E-state index contributed by atoms with van der Waals surface area (Å²) in [6.07, 6.45) is 3.34. The zero-order valence-electron chi connectivity index (χ0n) is 14.6. The highest BCUT2D eigenvalue weighted by Crippen LogP contribution is 2.18. The van der Waals surface area contributed by atoms with E-state index in [0.29, 0.717) is 31.4 Å². The van der Waals surface area contributed by atoms with Gasteiger partial charge in [-0.2, -0.15) is 5.26 Å². The zero-order valence-corrected chi connectivity index (χ0v) is 14.6. The van der Waals surface area contributed by atoms with E-state index in [1.54, 1.807) is 18.0 Å². The molecule has 0 saturated carbocycles. The second-order valence-electron chi connectivity index (χ2n) is 6.04. The summed E-state index contributed by atoms with van der Waals surface area (Å²) in [5, 5.41) is 23.0. The van der Waals surface area contributed by atoms with Crippen molar-refractivity contribution in [1.82, 2.24) is 25.4 Å². The Hall–Kier alpha value is -2.99. The number of aryl methyl sites for hydroxylation is 1. The standard InChI is InChI=1S/C17H21N7O2/c1-12-22-23-17(26-12)13-4-5-15(21-10-13)20-7-6-19-11-16(25)24-8-2-3-14(24)9-18/h4-5,10,14,19H,2-3,6-8,11H2,1H3,(H,20,21)/t14-/m0/s1. The number of aromatic nitrogens is 3. The molecular formula is C17H21N7O2. The number of pyridine rings is 1. The molecule has 2 aromatic heterocycles. The number of carbonyl (C=O) groups excluding carboxylic acids is 1. The minimum absolute atomic E-state index is 0.0219. The lowest BCUT2D eigenvalue weighted by Crippen LogP contribution is -2.41. The van der Waals surface area contributed by atoms with E-state index >= 15 is 0 Å². The van der Waals surface area contributed by atoms with Gasteiger partial charge in [-0.1, -0.05) is 0 Å². The number of rotatable bonds is 7. The maximum Gasteiger partial charge on any atom is 0.249 e. The lowest BCUT2D eigenvalue weighted by atomic mass is 10.2. The van der Waals surface area contributed by atoms with Gasteiger partial charge in [-0.15, -0.1) is 10.2 Å². The Bertz CT molecular complexity index is 781. The lowest BCUT2D eigenvalue weighted by molar-refractivity contribution is -0.130. The molecule has 2 aromatic rings. The Morgan fingerprint density at radius 1 is 1.42 bits per heavy atom. The summed E-state index contributed by atoms with van der Waals surface area (Å²) in [4.78, 5) is 18.0. The monoisotopic (exact) mass is 355 g/mol. The molecule has 1 amide bonds. The average molecular weight is 355 g/mol. The van der Waals surface area contributed by atoms with Crippen LogP contribution in [0, 0.1) is 18.3 Å². The third-order valence-corrected chi connectivity index (χ3v) is 4.14. The third-order valence-electron chi connectivity index (χ3n) is 4.14. The SMILES string of the molecule is Cc1nnc(-c2ccc(NCCNCC(=O)N3CCC[C@H]3C#N)nc2)o1. The van der Waals surface area contributed by atoms with Crippen LogP contribution in [0.5, 0.6) is 0 Å². The van der Waals surface area contributed by atoms with Crippen molar-refractivity contribution in [2.45, 2.75) is 25.8 Å². The average Bonchev–Trinajstić information content (AvgIpc) is 3.30. The van der Waals surface area contributed by atoms with Gasteiger partial charge in [-0.25, -0.2) is 4.98 Å². The predicted octanol–water partition coefficient (Wildman–Crippen LogP) is 0.956. The predicted molar refractivity (Wildman–Crippen MR) is 94.0 cm³/mol. The first kappa shape index (κ1) is 17.8. The topological polar surface area (TPSA) is 120 Å². The molecule has 2 N–H and O–H groups in total. The Kier molecular flexibility index (Phi) is 5.76. The van der Waals surface area contributed by atoms with Crippen molar-refractivity contribution in [2.75, 3.05) is 31.5 Å². The molecule has 9 heteroatoms. The fourth-order valence-corrected chi connectivity index (χ4v) is 2.81. The zero-order chi connectivity index (χ0) is 18.4. The van der Waals surface area contributed by atoms with Crippen molar-refractivity contribution >= 4 is 11.7 Å². The molecule has 1 aliphatic heterocycles. The number of nitrogens with zero attached hydrogens (tertiary/aromatic N) is 5. The first-order valence-corrected chi connectivity index (χ1v) is 8.57. The molecule has 9 nitrogen and oxygen atoms in total. The lowest BCUT2D eigenvalue weighted by Gasteiger charge is -2.19. The molecule has 3 rings (SSSR count). The van der Waals surface area contributed by atoms with E-state index in [0.717, 1.165) is 24.2 Å². The number of likely N-dealkylation sites (tertiary alicyclic amines) is 1. The highest BCUT2D eigenvalue weighted by atomic mass is 16.4. The second-order valence-corrected chi connectivity index (χ2v) is 6.04. The summed E-state index contributed by atoms with van der Waals surface area (Å²) in [6.45, 7) is 3.89. The van der Waals surface area contributed by atoms with Crippen molar-refractivity contribution < 1.29 is 9.21 Å². The van der Waals surface area contributed by atoms with E-state index in [1.807, 2.05) is 12.1 Å². The van der Waals surface area contributed by atoms with Gasteiger partial charge in [0.1, 0.15) is 11.9 Å². The molecule has 0 aliphatic carbocycles. The Labute approximate surface area is 151 Å². The van der Waals surface area contributed by atoms with Crippen LogP contribution in [0.25, 0.3) is 11.5 Å². The smallest absolute Gasteiger partial charge is 0.249 e. The molecule has 1 fully saturated rings. The van der Waals surface area contributed by atoms with Crippen LogP contribution in [0.2, 0.25) is 0 Å². The summed E-state index contributed by atoms with van der Waals surface area (Å²) in [7, 11) is 0. The molecule has 1 aliphatic rings. The number of anilines is 1. The van der Waals surface area contributed by atoms with E-state index < -0.39 is 0 Å². The Balaban J connectivity index is 1.37. The molecule has 136 valence electrons. The first-order chi connectivity index (χ1) is 12.7. The Morgan fingerprint density at radius 3 is 3.00 bits per heavy atom. The van der Waals surface area contributed by atoms with Crippen LogP contribution in [0.4, 0.5) is 5.82 Å². The fourth-order valence-electron chi connectivity index (χ4n) is 2.81. The van der Waals surface area contributed by atoms with Crippen LogP contribution in [0.1, 0.15) is 18.7 Å². The molecule has 0 bridgehead atoms. The second kappa shape index (κ2) is 8.40. The normalized spacial score (nSPS) is 16.5. The number of amides is 1. The van der Waals surface area contributed by atoms with Gasteiger partial charge >= 0.3 is 0 Å². The van der Waals surface area contributed by atoms with Gasteiger partial charge in [-0.3, -0.25) is 4.79 Å². The van der Waals surface area contributed by atoms with Crippen LogP contribution in [0.15, 0.2) is 22.7 Å². The van der Waals surface area contributed by atoms with Gasteiger partial charge in [0.05, 0.1) is 18.2 Å². The molecule has 0 radical (unpaired) electrons. The molecule has 0 aromatic carbocycles. The van der Waals surface area contributed by atoms with Gasteiger partial charge in [0.2, 0.25) is 17.7 Å². The number of hydrogen-bond donors (Lipinski definition) is 2. The van der Waals surface area contributed by atoms with Crippen molar-refractivity contribution in [3.8, 4) is 17.5 Å². The van der Waals surface area contributed by atoms with Crippen LogP contribution >= 0.6 is 0 Å². The quantitative estimate of drug-likeness (QED) is 0.705. The van der Waals surface area contributed by atoms with Gasteiger partial charge in [0, 0.05) is 32.8 Å². The van der Waals surface area contributed by atoms with Gasteiger partial charge in [0.25, 0.3) is 0 Å². The highest BCUT2D eigenvalue weighted by Gasteiger charge is 2.27. The molecule has 1 saturated heterocycles. The van der Waals surface area contributed by atoms with E-state index in [4.69, 9.17) is 9.68 Å². The van der Waals surface area contributed by atoms with E-state index in [-0.39, 0.29) is 18.5 Å². The van der Waals surface area contributed by atoms with Crippen LogP contribution in [-0.4, -0.2) is 58.2 Å². The number of nitriles is 1. The van der Waals surface area contributed by atoms with Crippen molar-refractivity contribution in [2.24, 2.45) is 0 Å². The molecular weight excluding hydrogens is 334 g/mol. The maximum atomic E-state index is 12.1. The molecule has 1 atom stereocenters. The van der Waals surface area contributed by atoms with E-state index in [2.05, 4.69) is 31.9 Å². The van der Waals surface area contributed by atoms with Gasteiger partial charge < -0.3 is 20.0 Å². The summed E-state index contributed by atoms with van der Waals surface area (Å²) in [5.74, 6) is 1.66. The van der Waals surface area contributed by atoms with E-state index in [9.17, 15) is 4.79 Å². The van der Waals surface area contributed by atoms with E-state index in [1.165, 1.54) is 0 Å². The molecule has 0 spiro atoms. The van der Waals surface area contributed by atoms with Crippen LogP contribution in [0.3, 0.4) is 0 Å². The maximum absolute atomic E-state index is 12.1. The Morgan fingerprint density at radius 2 is 2.31 bits per heavy atom. The van der Waals surface area contributed by atoms with Crippen LogP contribution < -0.4 is 10.6 Å². The molecule has 26 heavy (non-hydrogen) atoms. The summed E-state index contributed by atoms with van der Waals surface area (Å²) in [5.41, 5.74) is 0.762. The largest absolute Gasteiger partial charge is 0.421 e. The highest BCUT2D eigenvalue weighted by molar-refractivity contribution is 5.79. The van der Waals surface area contributed by atoms with Gasteiger partial charge in [-0.05, 0) is 25.0 Å². The molecule has 0 unspecified atom stereocenters. The van der Waals surface area contributed by atoms with Gasteiger partial charge in [0.15, 0.2) is 0 Å². The number of carbonyl (C=O) groups is 1. The van der Waals surface area contributed by atoms with Crippen molar-refractivity contribution in [3.63, 3.8) is 0 Å². The summed E-state index contributed by atoms with van der Waals surface area (Å²) >= 11 is 0. The van der Waals surface area contributed by atoms with Crippen molar-refractivity contribution in [3.05, 3.63) is 24.2 Å². The molecule has 3 heterocycles. The van der Waals surface area contributed by atoms with Crippen molar-refractivity contribution in [1.29, 1.82) is 5.26 Å². The minimum atomic E-state index is -0.271. The summed E-state index contributed by atoms with van der Waals surface area (Å²) in [6, 6.07) is 5.60. The summed E-state index contributed by atoms with van der Waals surface area (Å²) < 4.78 is 5.35. The minimum Gasteiger partial charge on any atom is -0.421 e. The number of nitrogens with one attached hydrogen (secondary N) is 2. The number of hydrogen-bond acceptors (Lipinski definition) is 8. The fraction of sp³-hybridized carbons (Fsp3) is 0.471. The third kappa shape index (κ3) is 4.34.